The molecule has 1 N–H and O–H groups in total. The number of fused-ring (bicyclic) bond motifs is 6. The molecule has 0 aliphatic carbocycles. The van der Waals surface area contributed by atoms with Crippen LogP contribution in [0.15, 0.2) is 170 Å². The fraction of sp³-hybridized carbons (Fsp3) is 0.250. The second-order valence-electron chi connectivity index (χ2n) is 26.1. The first-order valence-electron chi connectivity index (χ1n) is 33.2. The third-order valence-corrected chi connectivity index (χ3v) is 19.9. The van der Waals surface area contributed by atoms with E-state index in [4.69, 9.17) is 14.5 Å². The zero-order valence-electron chi connectivity index (χ0n) is 52.9. The van der Waals surface area contributed by atoms with Crippen LogP contribution < -0.4 is 58.5 Å². The predicted molar refractivity (Wildman–Crippen MR) is 362 cm³/mol. The zero-order chi connectivity index (χ0) is 61.4. The Hall–Kier alpha value is -9.16. The summed E-state index contributed by atoms with van der Waals surface area (Å²) >= 11 is 0. The topological polar surface area (TPSA) is 67.6 Å². The van der Waals surface area contributed by atoms with Gasteiger partial charge in [0.05, 0.1) is 29.5 Å². The largest absolute Gasteiger partial charge is 0.511 e. The Bertz CT molecular complexity index is 4500. The van der Waals surface area contributed by atoms with Crippen molar-refractivity contribution in [1.29, 1.82) is 0 Å². The van der Waals surface area contributed by atoms with E-state index in [-0.39, 0.29) is 20.1 Å². The van der Waals surface area contributed by atoms with Gasteiger partial charge in [0.2, 0.25) is 28.9 Å². The van der Waals surface area contributed by atoms with Gasteiger partial charge in [-0.1, -0.05) is 163 Å². The minimum atomic E-state index is 0. The van der Waals surface area contributed by atoms with E-state index in [2.05, 4.69) is 253 Å². The minimum absolute atomic E-state index is 0. The molecule has 13 heteroatoms. The normalized spacial score (nSPS) is 17.1. The Labute approximate surface area is 560 Å². The number of hydrogen-bond acceptors (Lipinski definition) is 9. The van der Waals surface area contributed by atoms with Crippen molar-refractivity contribution in [1.82, 2.24) is 0 Å². The summed E-state index contributed by atoms with van der Waals surface area (Å²) in [7, 11) is 0. The van der Waals surface area contributed by atoms with Crippen LogP contribution in [0.25, 0.3) is 33.4 Å². The van der Waals surface area contributed by atoms with Crippen LogP contribution in [0, 0.1) is 64.9 Å². The molecule has 93 heavy (non-hydrogen) atoms. The van der Waals surface area contributed by atoms with Gasteiger partial charge < -0.3 is 29.8 Å². The molecular weight excluding hydrogens is 1330 g/mol. The Kier molecular flexibility index (Phi) is 15.6. The van der Waals surface area contributed by atoms with Gasteiger partial charge in [0.1, 0.15) is 12.4 Å². The molecule has 0 fully saturated rings. The van der Waals surface area contributed by atoms with E-state index in [1.54, 1.807) is 0 Å². The first-order chi connectivity index (χ1) is 45.2. The molecule has 11 heterocycles. The van der Waals surface area contributed by atoms with Crippen LogP contribution in [-0.4, -0.2) is 19.6 Å². The molecule has 0 saturated heterocycles. The summed E-state index contributed by atoms with van der Waals surface area (Å²) in [5, 5.41) is 3.71. The average Bonchev–Trinajstić information content (AvgIpc) is 1.65. The number of aromatic nitrogens is 3. The van der Waals surface area contributed by atoms with Crippen LogP contribution >= 0.6 is 0 Å². The molecule has 1 atom stereocenters. The zero-order valence-corrected chi connectivity index (χ0v) is 55.3. The van der Waals surface area contributed by atoms with Crippen molar-refractivity contribution in [3.05, 3.63) is 259 Å². The van der Waals surface area contributed by atoms with E-state index >= 15 is 0 Å². The standard InChI is InChI=1S/C80H74N9O3.Ir/c1-54-15-26-63(27-16-54)67-33-36-70-75-78(67)90-85-44-6-12-61(50-85)10-4-9-57-21-23-59-39-45-88-73(48-59)86-52-83(71-37-34-68(79(91-88)76(71)86)64-28-17-55(2)18-29-64)42-5-11-58-25-32-62(66(47-58)14-8-41-82(70)51-81-75)13-7-43-84-53-87-74-49-60(24-22-57)40-46-89(74)92-80-69(35-38-72(84)77(80)87)65-30-19-56(3)20-31-65;/h12,15-20,25-40,44-47,50-53,57,81H,4-5,7-11,13-14,21-24,41-43H2,1-3H3;/q-3;. The summed E-state index contributed by atoms with van der Waals surface area (Å²) in [6, 6.07) is 65.2. The summed E-state index contributed by atoms with van der Waals surface area (Å²) in [6.45, 7) is 15.7. The van der Waals surface area contributed by atoms with E-state index in [0.29, 0.717) is 5.92 Å². The van der Waals surface area contributed by atoms with Crippen molar-refractivity contribution in [2.75, 3.05) is 49.5 Å². The summed E-state index contributed by atoms with van der Waals surface area (Å²) in [4.78, 5) is 33.0. The molecule has 18 bridgehead atoms. The number of benzene rings is 7. The van der Waals surface area contributed by atoms with E-state index < -0.39 is 0 Å². The van der Waals surface area contributed by atoms with Crippen LogP contribution in [0.5, 0.6) is 17.2 Å². The third-order valence-electron chi connectivity index (χ3n) is 19.9. The van der Waals surface area contributed by atoms with Crippen molar-refractivity contribution in [2.45, 2.75) is 104 Å². The Morgan fingerprint density at radius 1 is 0.484 bits per heavy atom. The average molecular weight is 1400 g/mol. The van der Waals surface area contributed by atoms with Gasteiger partial charge in [-0.05, 0) is 172 Å². The Morgan fingerprint density at radius 2 is 1.00 bits per heavy atom. The van der Waals surface area contributed by atoms with Crippen molar-refractivity contribution in [3.8, 4) is 50.6 Å². The molecule has 18 rings (SSSR count). The van der Waals surface area contributed by atoms with E-state index in [1.807, 2.05) is 20.4 Å². The first kappa shape index (κ1) is 58.9. The minimum Gasteiger partial charge on any atom is -0.511 e. The number of hydrogen-bond donors (Lipinski definition) is 1. The quantitative estimate of drug-likeness (QED) is 0.138. The summed E-state index contributed by atoms with van der Waals surface area (Å²) in [6.07, 6.45) is 20.7. The Balaban J connectivity index is 0.00000686. The van der Waals surface area contributed by atoms with Gasteiger partial charge in [-0.25, -0.2) is 22.0 Å². The molecule has 3 aromatic heterocycles. The molecule has 0 spiro atoms. The van der Waals surface area contributed by atoms with Crippen molar-refractivity contribution in [3.63, 3.8) is 0 Å². The molecule has 10 aromatic rings. The van der Waals surface area contributed by atoms with Crippen LogP contribution in [0.4, 0.5) is 45.8 Å². The molecular formula is C80H74IrN9O3-3. The van der Waals surface area contributed by atoms with E-state index in [0.717, 1.165) is 199 Å². The second kappa shape index (κ2) is 24.7. The van der Waals surface area contributed by atoms with Crippen molar-refractivity contribution < 1.29 is 48.8 Å². The number of aryl methyl sites for hydroxylation is 9. The van der Waals surface area contributed by atoms with Gasteiger partial charge in [-0.15, -0.1) is 17.7 Å². The number of rotatable bonds is 3. The van der Waals surface area contributed by atoms with Gasteiger partial charge in [0, 0.05) is 42.5 Å². The fourth-order valence-electron chi connectivity index (χ4n) is 14.8. The van der Waals surface area contributed by atoms with Gasteiger partial charge in [0.15, 0.2) is 11.4 Å². The molecule has 8 aliphatic rings. The predicted octanol–water partition coefficient (Wildman–Crippen LogP) is 15.3. The molecule has 469 valence electrons. The van der Waals surface area contributed by atoms with Crippen molar-refractivity contribution >= 4 is 45.8 Å². The Morgan fingerprint density at radius 3 is 1.58 bits per heavy atom. The maximum Gasteiger partial charge on any atom is 0.234 e. The maximum absolute atomic E-state index is 7.04. The first-order valence-corrected chi connectivity index (χ1v) is 33.2. The molecule has 0 amide bonds. The van der Waals surface area contributed by atoms with E-state index in [1.165, 1.54) is 50.1 Å². The number of nitrogens with one attached hydrogen (secondary N) is 1. The number of nitrogens with zero attached hydrogens (tertiary/aromatic N) is 8. The van der Waals surface area contributed by atoms with Gasteiger partial charge in [-0.2, -0.15) is 24.9 Å². The number of pyridine rings is 3. The van der Waals surface area contributed by atoms with Crippen LogP contribution in [0.2, 0.25) is 0 Å². The molecule has 1 radical (unpaired) electrons. The second-order valence-corrected chi connectivity index (χ2v) is 26.1. The summed E-state index contributed by atoms with van der Waals surface area (Å²) < 4.78 is 5.70. The van der Waals surface area contributed by atoms with Crippen LogP contribution in [-0.2, 0) is 58.6 Å². The molecule has 12 nitrogen and oxygen atoms in total. The summed E-state index contributed by atoms with van der Waals surface area (Å²) in [5.41, 5.74) is 24.5. The molecule has 0 saturated carbocycles. The molecule has 8 aliphatic heterocycles. The molecule has 1 unspecified atom stereocenters. The summed E-state index contributed by atoms with van der Waals surface area (Å²) in [5.74, 6) is 4.71. The van der Waals surface area contributed by atoms with Crippen LogP contribution in [0.3, 0.4) is 0 Å². The monoisotopic (exact) mass is 1400 g/mol. The fourth-order valence-corrected chi connectivity index (χ4v) is 14.8. The maximum atomic E-state index is 7.04. The van der Waals surface area contributed by atoms with Gasteiger partial charge in [0.25, 0.3) is 0 Å². The van der Waals surface area contributed by atoms with Crippen LogP contribution in [0.1, 0.15) is 95.0 Å². The van der Waals surface area contributed by atoms with Crippen molar-refractivity contribution in [2.24, 2.45) is 5.92 Å². The smallest absolute Gasteiger partial charge is 0.234 e. The van der Waals surface area contributed by atoms with Gasteiger partial charge in [-0.3, -0.25) is 9.68 Å². The van der Waals surface area contributed by atoms with Gasteiger partial charge >= 0.3 is 0 Å². The third kappa shape index (κ3) is 11.2. The number of anilines is 8. The van der Waals surface area contributed by atoms with E-state index in [9.17, 15) is 0 Å². The molecule has 7 aromatic carbocycles. The SMILES string of the molecule is Cc1ccc(-c2ccc3c4c2O[n+]2c[c-]cc(c2)CCCC2CCc5[c-]c6[n+](cc5)Oc5c(-c7ccc(C)cc7)ccc7c5N6[CH-]N7CCCc5ccc(c(c5)CCCN3[CH-]N4)CCCN3[CH-]N4c5c3ccc(-c3ccc(C)cc3)c5O[n+]3ccc([c-]c34)CC2)cc1.[Ir].